The van der Waals surface area contributed by atoms with Gasteiger partial charge in [-0.3, -0.25) is 0 Å². The summed E-state index contributed by atoms with van der Waals surface area (Å²) < 4.78 is 12.8. The van der Waals surface area contributed by atoms with E-state index in [9.17, 15) is 0 Å². The first-order valence-electron chi connectivity index (χ1n) is 6.04. The zero-order valence-electron chi connectivity index (χ0n) is 11.0. The fraction of sp³-hybridized carbons (Fsp3) is 0.267. The van der Waals surface area contributed by atoms with Gasteiger partial charge in [0.2, 0.25) is 5.69 Å². The van der Waals surface area contributed by atoms with Gasteiger partial charge in [-0.15, -0.1) is 0 Å². The maximum absolute atomic E-state index is 5.50. The molecule has 18 heavy (non-hydrogen) atoms. The Hall–Kier alpha value is -2.03. The minimum absolute atomic E-state index is 0.865. The Kier molecular flexibility index (Phi) is 3.82. The van der Waals surface area contributed by atoms with Crippen molar-refractivity contribution in [2.45, 2.75) is 20.4 Å². The van der Waals surface area contributed by atoms with Gasteiger partial charge in [0, 0.05) is 6.92 Å². The van der Waals surface area contributed by atoms with Gasteiger partial charge in [0.15, 0.2) is 6.26 Å². The highest BCUT2D eigenvalue weighted by Crippen LogP contribution is 2.13. The highest BCUT2D eigenvalue weighted by Gasteiger charge is 2.13. The highest BCUT2D eigenvalue weighted by atomic mass is 16.5. The summed E-state index contributed by atoms with van der Waals surface area (Å²) in [4.78, 5) is 0. The quantitative estimate of drug-likeness (QED) is 0.773. The van der Waals surface area contributed by atoms with Gasteiger partial charge in [-0.05, 0) is 30.7 Å². The number of hydrogen-bond acceptors (Lipinski definition) is 2. The number of aryl methyl sites for hydroxylation is 1. The minimum atomic E-state index is 0.865. The molecule has 94 valence electrons. The molecule has 0 saturated carbocycles. The van der Waals surface area contributed by atoms with E-state index in [0.29, 0.717) is 0 Å². The third-order valence-electron chi connectivity index (χ3n) is 2.89. The first-order valence-corrected chi connectivity index (χ1v) is 6.04. The van der Waals surface area contributed by atoms with E-state index in [1.807, 2.05) is 43.3 Å². The van der Waals surface area contributed by atoms with E-state index in [2.05, 4.69) is 11.5 Å². The molecule has 2 rings (SSSR count). The number of oxazole rings is 1. The smallest absolute Gasteiger partial charge is 0.373 e. The molecule has 1 aromatic heterocycles. The Morgan fingerprint density at radius 3 is 2.56 bits per heavy atom. The zero-order chi connectivity index (χ0) is 13.0. The zero-order valence-corrected chi connectivity index (χ0v) is 11.0. The van der Waals surface area contributed by atoms with Gasteiger partial charge in [-0.2, -0.15) is 4.57 Å². The Bertz CT molecular complexity index is 538. The van der Waals surface area contributed by atoms with Crippen LogP contribution in [0.25, 0.3) is 12.2 Å². The third kappa shape index (κ3) is 2.62. The Labute approximate surface area is 107 Å². The molecule has 0 atom stereocenters. The maximum Gasteiger partial charge on any atom is 0.373 e. The standard InChI is InChI=1S/C15H18NO2/c1-4-16-12(2)11-18-15(16)10-7-13-5-8-14(17-3)9-6-13/h5-11H,4H2,1-3H3/q+1. The lowest BCUT2D eigenvalue weighted by Crippen LogP contribution is -2.35. The number of methoxy groups -OCH3 is 1. The van der Waals surface area contributed by atoms with E-state index < -0.39 is 0 Å². The fourth-order valence-electron chi connectivity index (χ4n) is 1.86. The summed E-state index contributed by atoms with van der Waals surface area (Å²) in [5.74, 6) is 1.73. The molecule has 0 saturated heterocycles. The molecule has 0 unspecified atom stereocenters. The molecule has 3 heteroatoms. The lowest BCUT2D eigenvalue weighted by atomic mass is 10.2. The number of nitrogens with zero attached hydrogens (tertiary/aromatic N) is 1. The van der Waals surface area contributed by atoms with Crippen LogP contribution in [-0.4, -0.2) is 7.11 Å². The van der Waals surface area contributed by atoms with Crippen molar-refractivity contribution in [3.8, 4) is 5.75 Å². The predicted octanol–water partition coefficient (Wildman–Crippen LogP) is 3.07. The number of hydrogen-bond donors (Lipinski definition) is 0. The van der Waals surface area contributed by atoms with Gasteiger partial charge in [0.25, 0.3) is 0 Å². The van der Waals surface area contributed by atoms with Crippen LogP contribution >= 0.6 is 0 Å². The SMILES string of the molecule is CC[n+]1c(C)coc1C=Cc1ccc(OC)cc1. The van der Waals surface area contributed by atoms with E-state index in [4.69, 9.17) is 9.15 Å². The average molecular weight is 244 g/mol. The van der Waals surface area contributed by atoms with Gasteiger partial charge in [0.1, 0.15) is 12.3 Å². The molecule has 0 bridgehead atoms. The van der Waals surface area contributed by atoms with Crippen molar-refractivity contribution in [2.75, 3.05) is 7.11 Å². The van der Waals surface area contributed by atoms with Crippen molar-refractivity contribution < 1.29 is 13.7 Å². The van der Waals surface area contributed by atoms with Crippen molar-refractivity contribution >= 4 is 12.2 Å². The minimum Gasteiger partial charge on any atom is -0.497 e. The summed E-state index contributed by atoms with van der Waals surface area (Å²) in [6.07, 6.45) is 5.79. The topological polar surface area (TPSA) is 26.2 Å². The largest absolute Gasteiger partial charge is 0.497 e. The van der Waals surface area contributed by atoms with Crippen LogP contribution in [0.2, 0.25) is 0 Å². The molecule has 0 spiro atoms. The summed E-state index contributed by atoms with van der Waals surface area (Å²) in [6.45, 7) is 5.05. The van der Waals surface area contributed by atoms with Gasteiger partial charge < -0.3 is 9.15 Å². The van der Waals surface area contributed by atoms with Gasteiger partial charge in [-0.25, -0.2) is 0 Å². The monoisotopic (exact) mass is 244 g/mol. The third-order valence-corrected chi connectivity index (χ3v) is 2.89. The van der Waals surface area contributed by atoms with E-state index in [-0.39, 0.29) is 0 Å². The first-order chi connectivity index (χ1) is 8.74. The van der Waals surface area contributed by atoms with Crippen molar-refractivity contribution in [3.63, 3.8) is 0 Å². The molecule has 0 aliphatic heterocycles. The second-order valence-corrected chi connectivity index (χ2v) is 4.07. The van der Waals surface area contributed by atoms with Gasteiger partial charge in [0.05, 0.1) is 13.2 Å². The van der Waals surface area contributed by atoms with E-state index >= 15 is 0 Å². The molecule has 3 nitrogen and oxygen atoms in total. The van der Waals surface area contributed by atoms with Gasteiger partial charge in [-0.1, -0.05) is 12.1 Å². The summed E-state index contributed by atoms with van der Waals surface area (Å²) in [6, 6.07) is 7.92. The number of rotatable bonds is 4. The maximum atomic E-state index is 5.50. The van der Waals surface area contributed by atoms with Crippen molar-refractivity contribution in [1.29, 1.82) is 0 Å². The van der Waals surface area contributed by atoms with Crippen LogP contribution in [0, 0.1) is 6.92 Å². The Morgan fingerprint density at radius 2 is 1.94 bits per heavy atom. The van der Waals surface area contributed by atoms with Crippen LogP contribution < -0.4 is 9.30 Å². The molecule has 0 aliphatic carbocycles. The average Bonchev–Trinajstić information content (AvgIpc) is 2.77. The molecule has 0 amide bonds. The van der Waals surface area contributed by atoms with Gasteiger partial charge >= 0.3 is 5.89 Å². The first kappa shape index (κ1) is 12.4. The lowest BCUT2D eigenvalue weighted by molar-refractivity contribution is -0.703. The van der Waals surface area contributed by atoms with Crippen LogP contribution in [0.3, 0.4) is 0 Å². The molecule has 0 fully saturated rings. The Morgan fingerprint density at radius 1 is 1.22 bits per heavy atom. The van der Waals surface area contributed by atoms with Crippen LogP contribution in [0.1, 0.15) is 24.1 Å². The summed E-state index contributed by atoms with van der Waals surface area (Å²) in [5, 5.41) is 0. The molecule has 2 aromatic rings. The molecular weight excluding hydrogens is 226 g/mol. The van der Waals surface area contributed by atoms with Crippen LogP contribution in [0.15, 0.2) is 34.9 Å². The van der Waals surface area contributed by atoms with Crippen molar-refractivity contribution in [3.05, 3.63) is 47.7 Å². The van der Waals surface area contributed by atoms with E-state index in [1.54, 1.807) is 13.4 Å². The molecular formula is C15H18NO2+. The molecule has 1 aromatic carbocycles. The second-order valence-electron chi connectivity index (χ2n) is 4.07. The predicted molar refractivity (Wildman–Crippen MR) is 71.2 cm³/mol. The number of ether oxygens (including phenoxy) is 1. The normalized spacial score (nSPS) is 11.1. The summed E-state index contributed by atoms with van der Waals surface area (Å²) >= 11 is 0. The number of aromatic nitrogens is 1. The van der Waals surface area contributed by atoms with Crippen molar-refractivity contribution in [1.82, 2.24) is 0 Å². The molecule has 0 radical (unpaired) electrons. The molecule has 0 aliphatic rings. The fourth-order valence-corrected chi connectivity index (χ4v) is 1.86. The van der Waals surface area contributed by atoms with Crippen LogP contribution in [-0.2, 0) is 6.54 Å². The van der Waals surface area contributed by atoms with Crippen molar-refractivity contribution in [2.24, 2.45) is 0 Å². The summed E-state index contributed by atoms with van der Waals surface area (Å²) in [5.41, 5.74) is 2.25. The van der Waals surface area contributed by atoms with E-state index in [1.165, 1.54) is 0 Å². The van der Waals surface area contributed by atoms with E-state index in [0.717, 1.165) is 29.4 Å². The second kappa shape index (κ2) is 5.54. The highest BCUT2D eigenvalue weighted by molar-refractivity contribution is 5.65. The van der Waals surface area contributed by atoms with Crippen LogP contribution in [0.5, 0.6) is 5.75 Å². The summed E-state index contributed by atoms with van der Waals surface area (Å²) in [7, 11) is 1.67. The van der Waals surface area contributed by atoms with Crippen LogP contribution in [0.4, 0.5) is 0 Å². The Balaban J connectivity index is 2.18. The molecule has 0 N–H and O–H groups in total. The molecule has 1 heterocycles. The lowest BCUT2D eigenvalue weighted by Gasteiger charge is -1.98. The number of benzene rings is 1.